The van der Waals surface area contributed by atoms with Crippen molar-refractivity contribution in [1.82, 2.24) is 14.9 Å². The van der Waals surface area contributed by atoms with Gasteiger partial charge in [0.15, 0.2) is 11.5 Å². The number of ether oxygens (including phenoxy) is 2. The number of nitrogens with one attached hydrogen (secondary N) is 1. The Balaban J connectivity index is 1.57. The van der Waals surface area contributed by atoms with Crippen molar-refractivity contribution in [2.45, 2.75) is 19.5 Å². The van der Waals surface area contributed by atoms with Gasteiger partial charge in [-0.05, 0) is 35.9 Å². The molecular formula is C22H21Cl2N3O3. The quantitative estimate of drug-likeness (QED) is 0.633. The van der Waals surface area contributed by atoms with Crippen LogP contribution in [-0.2, 0) is 19.5 Å². The summed E-state index contributed by atoms with van der Waals surface area (Å²) in [5.41, 5.74) is 3.15. The van der Waals surface area contributed by atoms with Gasteiger partial charge in [0.1, 0.15) is 5.82 Å². The topological polar surface area (TPSA) is 67.5 Å². The van der Waals surface area contributed by atoms with Gasteiger partial charge in [0.05, 0.1) is 30.5 Å². The third-order valence-corrected chi connectivity index (χ3v) is 5.89. The van der Waals surface area contributed by atoms with Crippen LogP contribution in [0.15, 0.2) is 41.2 Å². The van der Waals surface area contributed by atoms with Crippen molar-refractivity contribution in [2.24, 2.45) is 0 Å². The summed E-state index contributed by atoms with van der Waals surface area (Å²) >= 11 is 12.5. The lowest BCUT2D eigenvalue weighted by Gasteiger charge is -2.28. The lowest BCUT2D eigenvalue weighted by Crippen LogP contribution is -2.35. The van der Waals surface area contributed by atoms with E-state index < -0.39 is 0 Å². The highest BCUT2D eigenvalue weighted by atomic mass is 35.5. The van der Waals surface area contributed by atoms with Gasteiger partial charge in [-0.15, -0.1) is 0 Å². The van der Waals surface area contributed by atoms with Gasteiger partial charge in [-0.2, -0.15) is 0 Å². The van der Waals surface area contributed by atoms with Crippen molar-refractivity contribution in [3.63, 3.8) is 0 Å². The monoisotopic (exact) mass is 445 g/mol. The fraction of sp³-hybridized carbons (Fsp3) is 0.273. The minimum atomic E-state index is -0.118. The molecule has 0 amide bonds. The third kappa shape index (κ3) is 4.03. The number of hydrogen-bond donors (Lipinski definition) is 1. The Morgan fingerprint density at radius 2 is 1.87 bits per heavy atom. The van der Waals surface area contributed by atoms with E-state index in [4.69, 9.17) is 37.7 Å². The van der Waals surface area contributed by atoms with Crippen molar-refractivity contribution >= 4 is 23.2 Å². The van der Waals surface area contributed by atoms with E-state index in [0.717, 1.165) is 23.4 Å². The first-order valence-corrected chi connectivity index (χ1v) is 10.3. The Morgan fingerprint density at radius 1 is 1.10 bits per heavy atom. The molecule has 0 radical (unpaired) electrons. The van der Waals surface area contributed by atoms with Crippen LogP contribution in [0.1, 0.15) is 16.8 Å². The maximum atomic E-state index is 12.8. The highest BCUT2D eigenvalue weighted by Crippen LogP contribution is 2.38. The molecule has 2 heterocycles. The molecule has 1 aliphatic rings. The highest BCUT2D eigenvalue weighted by molar-refractivity contribution is 6.33. The molecule has 0 fully saturated rings. The van der Waals surface area contributed by atoms with Crippen LogP contribution in [0.25, 0.3) is 11.4 Å². The first-order valence-electron chi connectivity index (χ1n) is 9.50. The van der Waals surface area contributed by atoms with Crippen LogP contribution < -0.4 is 15.0 Å². The number of benzene rings is 2. The number of aromatic amines is 1. The van der Waals surface area contributed by atoms with Crippen molar-refractivity contribution in [3.8, 4) is 22.9 Å². The fourth-order valence-corrected chi connectivity index (χ4v) is 4.07. The average Bonchev–Trinajstić information content (AvgIpc) is 2.75. The molecule has 0 spiro atoms. The fourth-order valence-electron chi connectivity index (χ4n) is 3.65. The van der Waals surface area contributed by atoms with Gasteiger partial charge in [0.2, 0.25) is 0 Å². The molecule has 0 saturated carbocycles. The summed E-state index contributed by atoms with van der Waals surface area (Å²) in [7, 11) is 3.14. The third-order valence-electron chi connectivity index (χ3n) is 5.22. The molecule has 0 saturated heterocycles. The number of hydrogen-bond acceptors (Lipinski definition) is 5. The van der Waals surface area contributed by atoms with E-state index in [0.29, 0.717) is 52.4 Å². The smallest absolute Gasteiger partial charge is 0.255 e. The summed E-state index contributed by atoms with van der Waals surface area (Å²) in [6.45, 7) is 1.87. The van der Waals surface area contributed by atoms with E-state index >= 15 is 0 Å². The first kappa shape index (κ1) is 20.7. The predicted octanol–water partition coefficient (Wildman–Crippen LogP) is 4.32. The van der Waals surface area contributed by atoms with E-state index in [-0.39, 0.29) is 5.56 Å². The van der Waals surface area contributed by atoms with Gasteiger partial charge in [-0.1, -0.05) is 29.3 Å². The summed E-state index contributed by atoms with van der Waals surface area (Å²) < 4.78 is 10.7. The molecule has 3 aromatic rings. The summed E-state index contributed by atoms with van der Waals surface area (Å²) in [5.74, 6) is 1.67. The Morgan fingerprint density at radius 3 is 2.57 bits per heavy atom. The normalized spacial score (nSPS) is 13.7. The summed E-state index contributed by atoms with van der Waals surface area (Å²) in [4.78, 5) is 22.5. The number of fused-ring (bicyclic) bond motifs is 1. The number of methoxy groups -OCH3 is 2. The van der Waals surface area contributed by atoms with E-state index in [9.17, 15) is 4.79 Å². The molecule has 6 nitrogen and oxygen atoms in total. The molecule has 8 heteroatoms. The van der Waals surface area contributed by atoms with Gasteiger partial charge in [-0.25, -0.2) is 4.98 Å². The molecule has 0 atom stereocenters. The zero-order chi connectivity index (χ0) is 21.3. The second-order valence-electron chi connectivity index (χ2n) is 7.08. The minimum Gasteiger partial charge on any atom is -0.493 e. The standard InChI is InChI=1S/C22H21Cl2N3O3/c1-29-18-8-5-14(19(24)20(18)30-2)11-27-10-9-17-16(12-27)22(28)26-21(25-17)13-3-6-15(23)7-4-13/h3-8H,9-12H2,1-2H3,(H,25,26,28). The van der Waals surface area contributed by atoms with Crippen LogP contribution in [0, 0.1) is 0 Å². The lowest BCUT2D eigenvalue weighted by molar-refractivity contribution is 0.241. The SMILES string of the molecule is COc1ccc(CN2CCc3nc(-c4ccc(Cl)cc4)[nH]c(=O)c3C2)c(Cl)c1OC. The van der Waals surface area contributed by atoms with E-state index in [2.05, 4.69) is 9.88 Å². The van der Waals surface area contributed by atoms with Crippen LogP contribution in [0.4, 0.5) is 0 Å². The zero-order valence-electron chi connectivity index (χ0n) is 16.7. The molecule has 0 aliphatic carbocycles. The van der Waals surface area contributed by atoms with E-state index in [1.165, 1.54) is 0 Å². The highest BCUT2D eigenvalue weighted by Gasteiger charge is 2.23. The van der Waals surface area contributed by atoms with Crippen LogP contribution in [0.3, 0.4) is 0 Å². The first-order chi connectivity index (χ1) is 14.5. The van der Waals surface area contributed by atoms with Crippen molar-refractivity contribution in [2.75, 3.05) is 20.8 Å². The minimum absolute atomic E-state index is 0.118. The summed E-state index contributed by atoms with van der Waals surface area (Å²) in [6, 6.07) is 11.0. The van der Waals surface area contributed by atoms with Crippen molar-refractivity contribution in [3.05, 3.63) is 73.6 Å². The zero-order valence-corrected chi connectivity index (χ0v) is 18.2. The summed E-state index contributed by atoms with van der Waals surface area (Å²) in [6.07, 6.45) is 0.685. The molecule has 1 aromatic heterocycles. The van der Waals surface area contributed by atoms with Crippen molar-refractivity contribution in [1.29, 1.82) is 0 Å². The Labute approximate surface area is 184 Å². The van der Waals surface area contributed by atoms with Crippen LogP contribution in [0.5, 0.6) is 11.5 Å². The molecular weight excluding hydrogens is 425 g/mol. The van der Waals surface area contributed by atoms with Crippen LogP contribution in [0.2, 0.25) is 10.0 Å². The molecule has 30 heavy (non-hydrogen) atoms. The van der Waals surface area contributed by atoms with Crippen LogP contribution in [-0.4, -0.2) is 35.6 Å². The molecule has 0 bridgehead atoms. The van der Waals surface area contributed by atoms with Crippen LogP contribution >= 0.6 is 23.2 Å². The van der Waals surface area contributed by atoms with Crippen molar-refractivity contribution < 1.29 is 9.47 Å². The number of aromatic nitrogens is 2. The molecule has 1 N–H and O–H groups in total. The maximum absolute atomic E-state index is 12.8. The second kappa shape index (κ2) is 8.68. The Bertz CT molecular complexity index is 1130. The van der Waals surface area contributed by atoms with Gasteiger partial charge in [0.25, 0.3) is 5.56 Å². The number of H-pyrrole nitrogens is 1. The van der Waals surface area contributed by atoms with Gasteiger partial charge < -0.3 is 14.5 Å². The maximum Gasteiger partial charge on any atom is 0.255 e. The lowest BCUT2D eigenvalue weighted by atomic mass is 10.0. The van der Waals surface area contributed by atoms with Gasteiger partial charge in [0, 0.05) is 36.6 Å². The second-order valence-corrected chi connectivity index (χ2v) is 7.90. The Hall–Kier alpha value is -2.54. The number of nitrogens with zero attached hydrogens (tertiary/aromatic N) is 2. The van der Waals surface area contributed by atoms with E-state index in [1.807, 2.05) is 24.3 Å². The number of rotatable bonds is 5. The summed E-state index contributed by atoms with van der Waals surface area (Å²) in [5, 5.41) is 1.16. The number of halogens is 2. The van der Waals surface area contributed by atoms with Gasteiger partial charge in [-0.3, -0.25) is 9.69 Å². The van der Waals surface area contributed by atoms with Gasteiger partial charge >= 0.3 is 0 Å². The predicted molar refractivity (Wildman–Crippen MR) is 118 cm³/mol. The van der Waals surface area contributed by atoms with E-state index in [1.54, 1.807) is 26.4 Å². The molecule has 4 rings (SSSR count). The molecule has 2 aromatic carbocycles. The largest absolute Gasteiger partial charge is 0.493 e. The average molecular weight is 446 g/mol. The molecule has 156 valence electrons. The Kier molecular flexibility index (Phi) is 5.99. The molecule has 1 aliphatic heterocycles. The molecule has 0 unspecified atom stereocenters.